The average Bonchev–Trinajstić information content (AvgIpc) is 2.72. The summed E-state index contributed by atoms with van der Waals surface area (Å²) < 4.78 is 6.12. The second-order valence-corrected chi connectivity index (χ2v) is 6.59. The first-order chi connectivity index (χ1) is 13.1. The Labute approximate surface area is 172 Å². The van der Waals surface area contributed by atoms with Gasteiger partial charge in [0.1, 0.15) is 12.4 Å². The molecule has 0 atom stereocenters. The van der Waals surface area contributed by atoms with Crippen LogP contribution in [-0.2, 0) is 13.2 Å². The molecule has 0 saturated heterocycles. The number of carbonyl (C=O) groups excluding carboxylic acids is 1. The molecule has 4 nitrogen and oxygen atoms in total. The molecule has 0 fully saturated rings. The number of benzene rings is 3. The molecule has 0 aliphatic carbocycles. The predicted octanol–water partition coefficient (Wildman–Crippen LogP) is 4.51. The smallest absolute Gasteiger partial charge is 0.253 e. The van der Waals surface area contributed by atoms with Crippen molar-refractivity contribution in [1.82, 2.24) is 4.90 Å². The first-order valence-corrected chi connectivity index (χ1v) is 8.90. The van der Waals surface area contributed by atoms with Crippen LogP contribution < -0.4 is 10.5 Å². The van der Waals surface area contributed by atoms with Crippen molar-refractivity contribution >= 4 is 18.3 Å². The summed E-state index contributed by atoms with van der Waals surface area (Å²) in [5, 5.41) is 0. The molecule has 0 aliphatic heterocycles. The van der Waals surface area contributed by atoms with Crippen LogP contribution >= 0.6 is 12.4 Å². The maximum absolute atomic E-state index is 12.3. The standard InChI is InChI=1S/C23H24N2O2.ClH/c1-25(2)23(26)20-10-6-9-19(14-20)21-12-11-18(15-24)13-22(21)27-16-17-7-4-3-5-8-17;/h3-14H,15-16,24H2,1-2H3;1H. The third kappa shape index (κ3) is 5.12. The third-order valence-corrected chi connectivity index (χ3v) is 4.35. The van der Waals surface area contributed by atoms with E-state index in [4.69, 9.17) is 10.5 Å². The molecule has 1 amide bonds. The Morgan fingerprint density at radius 1 is 0.929 bits per heavy atom. The molecule has 3 aromatic carbocycles. The Bertz CT molecular complexity index is 927. The molecular weight excluding hydrogens is 372 g/mol. The average molecular weight is 397 g/mol. The minimum absolute atomic E-state index is 0. The van der Waals surface area contributed by atoms with Crippen LogP contribution in [-0.4, -0.2) is 24.9 Å². The number of nitrogens with zero attached hydrogens (tertiary/aromatic N) is 1. The highest BCUT2D eigenvalue weighted by molar-refractivity contribution is 5.95. The van der Waals surface area contributed by atoms with Crippen molar-refractivity contribution in [3.8, 4) is 16.9 Å². The minimum atomic E-state index is -0.0258. The lowest BCUT2D eigenvalue weighted by Gasteiger charge is -2.15. The van der Waals surface area contributed by atoms with E-state index in [-0.39, 0.29) is 18.3 Å². The first kappa shape index (κ1) is 21.5. The number of halogens is 1. The normalized spacial score (nSPS) is 10.1. The molecule has 2 N–H and O–H groups in total. The highest BCUT2D eigenvalue weighted by Crippen LogP contribution is 2.32. The van der Waals surface area contributed by atoms with Crippen LogP contribution in [0.4, 0.5) is 0 Å². The molecule has 3 aromatic rings. The van der Waals surface area contributed by atoms with Gasteiger partial charge in [-0.25, -0.2) is 0 Å². The summed E-state index contributed by atoms with van der Waals surface area (Å²) in [6.07, 6.45) is 0. The number of rotatable bonds is 6. The van der Waals surface area contributed by atoms with Gasteiger partial charge in [-0.1, -0.05) is 54.6 Å². The molecule has 28 heavy (non-hydrogen) atoms. The van der Waals surface area contributed by atoms with Crippen molar-refractivity contribution in [2.45, 2.75) is 13.2 Å². The number of hydrogen-bond donors (Lipinski definition) is 1. The van der Waals surface area contributed by atoms with E-state index in [0.717, 1.165) is 28.0 Å². The van der Waals surface area contributed by atoms with Crippen LogP contribution in [0.15, 0.2) is 72.8 Å². The Morgan fingerprint density at radius 2 is 1.68 bits per heavy atom. The zero-order valence-corrected chi connectivity index (χ0v) is 16.9. The van der Waals surface area contributed by atoms with Crippen molar-refractivity contribution < 1.29 is 9.53 Å². The Balaban J connectivity index is 0.00000280. The topological polar surface area (TPSA) is 55.6 Å². The van der Waals surface area contributed by atoms with E-state index in [1.165, 1.54) is 0 Å². The highest BCUT2D eigenvalue weighted by Gasteiger charge is 2.12. The summed E-state index contributed by atoms with van der Waals surface area (Å²) in [6, 6.07) is 23.6. The lowest BCUT2D eigenvalue weighted by Crippen LogP contribution is -2.21. The zero-order chi connectivity index (χ0) is 19.2. The zero-order valence-electron chi connectivity index (χ0n) is 16.1. The van der Waals surface area contributed by atoms with Crippen molar-refractivity contribution in [3.63, 3.8) is 0 Å². The molecule has 146 valence electrons. The Kier molecular flexibility index (Phi) is 7.61. The number of carbonyl (C=O) groups is 1. The molecule has 0 heterocycles. The van der Waals surface area contributed by atoms with Crippen LogP contribution in [0.5, 0.6) is 5.75 Å². The highest BCUT2D eigenvalue weighted by atomic mass is 35.5. The van der Waals surface area contributed by atoms with Gasteiger partial charge < -0.3 is 15.4 Å². The van der Waals surface area contributed by atoms with Crippen molar-refractivity contribution in [1.29, 1.82) is 0 Å². The second-order valence-electron chi connectivity index (χ2n) is 6.59. The van der Waals surface area contributed by atoms with Gasteiger partial charge in [0.15, 0.2) is 0 Å². The molecule has 3 rings (SSSR count). The van der Waals surface area contributed by atoms with Crippen molar-refractivity contribution in [3.05, 3.63) is 89.5 Å². The van der Waals surface area contributed by atoms with Gasteiger partial charge >= 0.3 is 0 Å². The minimum Gasteiger partial charge on any atom is -0.488 e. The van der Waals surface area contributed by atoms with Gasteiger partial charge in [-0.3, -0.25) is 4.79 Å². The second kappa shape index (κ2) is 9.93. The lowest BCUT2D eigenvalue weighted by molar-refractivity contribution is 0.0827. The van der Waals surface area contributed by atoms with Gasteiger partial charge in [-0.2, -0.15) is 0 Å². The number of nitrogens with two attached hydrogens (primary N) is 1. The molecule has 0 aromatic heterocycles. The Morgan fingerprint density at radius 3 is 2.36 bits per heavy atom. The van der Waals surface area contributed by atoms with E-state index in [9.17, 15) is 4.79 Å². The predicted molar refractivity (Wildman–Crippen MR) is 116 cm³/mol. The summed E-state index contributed by atoms with van der Waals surface area (Å²) in [5.74, 6) is 0.735. The number of amides is 1. The van der Waals surface area contributed by atoms with E-state index in [1.807, 2.05) is 72.8 Å². The fourth-order valence-corrected chi connectivity index (χ4v) is 2.86. The SMILES string of the molecule is CN(C)C(=O)c1cccc(-c2ccc(CN)cc2OCc2ccccc2)c1.Cl. The van der Waals surface area contributed by atoms with Crippen molar-refractivity contribution in [2.75, 3.05) is 14.1 Å². The van der Waals surface area contributed by atoms with Gasteiger partial charge in [-0.05, 0) is 34.9 Å². The van der Waals surface area contributed by atoms with E-state index in [2.05, 4.69) is 0 Å². The number of hydrogen-bond acceptors (Lipinski definition) is 3. The number of ether oxygens (including phenoxy) is 1. The van der Waals surface area contributed by atoms with E-state index in [0.29, 0.717) is 18.7 Å². The summed E-state index contributed by atoms with van der Waals surface area (Å²) in [7, 11) is 3.50. The van der Waals surface area contributed by atoms with E-state index in [1.54, 1.807) is 19.0 Å². The lowest BCUT2D eigenvalue weighted by atomic mass is 10.00. The van der Waals surface area contributed by atoms with Crippen molar-refractivity contribution in [2.24, 2.45) is 5.73 Å². The maximum atomic E-state index is 12.3. The quantitative estimate of drug-likeness (QED) is 0.666. The van der Waals surface area contributed by atoms with Crippen LogP contribution in [0.25, 0.3) is 11.1 Å². The van der Waals surface area contributed by atoms with Gasteiger partial charge in [0.05, 0.1) is 0 Å². The third-order valence-electron chi connectivity index (χ3n) is 4.35. The van der Waals surface area contributed by atoms with E-state index < -0.39 is 0 Å². The molecule has 0 spiro atoms. The summed E-state index contributed by atoms with van der Waals surface area (Å²) in [6.45, 7) is 0.916. The molecule has 0 unspecified atom stereocenters. The Hall–Kier alpha value is -2.82. The van der Waals surface area contributed by atoms with E-state index >= 15 is 0 Å². The van der Waals surface area contributed by atoms with Gasteiger partial charge in [-0.15, -0.1) is 12.4 Å². The summed E-state index contributed by atoms with van der Waals surface area (Å²) in [5.41, 5.74) is 10.4. The van der Waals surface area contributed by atoms with Crippen LogP contribution in [0.2, 0.25) is 0 Å². The van der Waals surface area contributed by atoms with Crippen LogP contribution in [0.1, 0.15) is 21.5 Å². The summed E-state index contributed by atoms with van der Waals surface area (Å²) in [4.78, 5) is 13.9. The van der Waals surface area contributed by atoms with Crippen LogP contribution in [0.3, 0.4) is 0 Å². The molecule has 0 aliphatic rings. The van der Waals surface area contributed by atoms with Gasteiger partial charge in [0, 0.05) is 31.8 Å². The maximum Gasteiger partial charge on any atom is 0.253 e. The molecule has 0 saturated carbocycles. The van der Waals surface area contributed by atoms with Gasteiger partial charge in [0.25, 0.3) is 5.91 Å². The summed E-state index contributed by atoms with van der Waals surface area (Å²) >= 11 is 0. The molecular formula is C23H25ClN2O2. The fraction of sp³-hybridized carbons (Fsp3) is 0.174. The molecule has 5 heteroatoms. The first-order valence-electron chi connectivity index (χ1n) is 8.90. The largest absolute Gasteiger partial charge is 0.488 e. The monoisotopic (exact) mass is 396 g/mol. The molecule has 0 bridgehead atoms. The van der Waals surface area contributed by atoms with Gasteiger partial charge in [0.2, 0.25) is 0 Å². The van der Waals surface area contributed by atoms with Crippen LogP contribution in [0, 0.1) is 0 Å². The fourth-order valence-electron chi connectivity index (χ4n) is 2.86. The molecule has 0 radical (unpaired) electrons.